The van der Waals surface area contributed by atoms with Crippen LogP contribution in [0.15, 0.2) is 30.2 Å². The fourth-order valence-corrected chi connectivity index (χ4v) is 4.30. The molecule has 1 N–H and O–H groups in total. The lowest BCUT2D eigenvalue weighted by Gasteiger charge is -2.23. The van der Waals surface area contributed by atoms with Gasteiger partial charge in [0.2, 0.25) is 5.13 Å². The van der Waals surface area contributed by atoms with E-state index in [1.54, 1.807) is 39.7 Å². The fraction of sp³-hybridized carbons (Fsp3) is 0.438. The van der Waals surface area contributed by atoms with Crippen LogP contribution in [0, 0.1) is 5.41 Å². The minimum absolute atomic E-state index is 0.0913. The number of carbonyl (C=O) groups excluding carboxylic acids is 1. The van der Waals surface area contributed by atoms with Gasteiger partial charge in [0, 0.05) is 25.3 Å². The van der Waals surface area contributed by atoms with Crippen LogP contribution in [-0.2, 0) is 0 Å². The number of amides is 1. The maximum atomic E-state index is 12.5. The van der Waals surface area contributed by atoms with E-state index in [-0.39, 0.29) is 11.9 Å². The Kier molecular flexibility index (Phi) is 3.24. The molecular weight excluding hydrogens is 338 g/mol. The highest BCUT2D eigenvalue weighted by molar-refractivity contribution is 7.13. The SMILES string of the molecule is O=C(NCC1CC2(CC2)CN1c1nncs1)c1ccc2ncnn2c1. The van der Waals surface area contributed by atoms with E-state index in [2.05, 4.69) is 30.5 Å². The lowest BCUT2D eigenvalue weighted by Crippen LogP contribution is -2.40. The number of nitrogens with zero attached hydrogens (tertiary/aromatic N) is 6. The van der Waals surface area contributed by atoms with Gasteiger partial charge in [-0.3, -0.25) is 4.79 Å². The average molecular weight is 355 g/mol. The van der Waals surface area contributed by atoms with Crippen LogP contribution in [0.5, 0.6) is 0 Å². The van der Waals surface area contributed by atoms with Crippen LogP contribution in [0.2, 0.25) is 0 Å². The van der Waals surface area contributed by atoms with E-state index in [1.807, 2.05) is 0 Å². The molecule has 2 fully saturated rings. The molecule has 25 heavy (non-hydrogen) atoms. The molecular formula is C16H17N7OS. The van der Waals surface area contributed by atoms with Crippen LogP contribution in [0.25, 0.3) is 5.65 Å². The highest BCUT2D eigenvalue weighted by Crippen LogP contribution is 2.55. The molecule has 0 aromatic carbocycles. The van der Waals surface area contributed by atoms with Gasteiger partial charge in [-0.1, -0.05) is 11.3 Å². The van der Waals surface area contributed by atoms with E-state index in [1.165, 1.54) is 19.2 Å². The van der Waals surface area contributed by atoms with Crippen molar-refractivity contribution in [3.63, 3.8) is 0 Å². The predicted molar refractivity (Wildman–Crippen MR) is 92.6 cm³/mol. The number of hydrogen-bond acceptors (Lipinski definition) is 7. The van der Waals surface area contributed by atoms with Gasteiger partial charge in [-0.2, -0.15) is 5.10 Å². The number of hydrogen-bond donors (Lipinski definition) is 1. The Morgan fingerprint density at radius 3 is 3.12 bits per heavy atom. The van der Waals surface area contributed by atoms with Gasteiger partial charge in [0.05, 0.1) is 5.56 Å². The first-order valence-corrected chi connectivity index (χ1v) is 9.21. The van der Waals surface area contributed by atoms with Crippen LogP contribution in [0.3, 0.4) is 0 Å². The number of pyridine rings is 1. The summed E-state index contributed by atoms with van der Waals surface area (Å²) in [6.45, 7) is 1.63. The summed E-state index contributed by atoms with van der Waals surface area (Å²) >= 11 is 1.56. The Morgan fingerprint density at radius 2 is 2.32 bits per heavy atom. The first kappa shape index (κ1) is 14.8. The van der Waals surface area contributed by atoms with Crippen LogP contribution in [0.4, 0.5) is 5.13 Å². The van der Waals surface area contributed by atoms with Crippen LogP contribution >= 0.6 is 11.3 Å². The summed E-state index contributed by atoms with van der Waals surface area (Å²) in [6, 6.07) is 3.85. The van der Waals surface area contributed by atoms with E-state index in [0.29, 0.717) is 17.5 Å². The summed E-state index contributed by atoms with van der Waals surface area (Å²) in [5.74, 6) is -0.0913. The number of carbonyl (C=O) groups is 1. The quantitative estimate of drug-likeness (QED) is 0.760. The zero-order chi connectivity index (χ0) is 16.9. The number of aromatic nitrogens is 5. The number of fused-ring (bicyclic) bond motifs is 1. The molecule has 8 nitrogen and oxygen atoms in total. The van der Waals surface area contributed by atoms with Crippen molar-refractivity contribution in [3.05, 3.63) is 35.7 Å². The van der Waals surface area contributed by atoms with E-state index in [0.717, 1.165) is 23.7 Å². The number of rotatable bonds is 4. The van der Waals surface area contributed by atoms with Crippen LogP contribution in [-0.4, -0.2) is 49.8 Å². The molecule has 1 saturated heterocycles. The molecule has 3 aromatic rings. The molecule has 1 unspecified atom stereocenters. The molecule has 9 heteroatoms. The second-order valence-corrected chi connectivity index (χ2v) is 7.71. The van der Waals surface area contributed by atoms with E-state index < -0.39 is 0 Å². The van der Waals surface area contributed by atoms with Crippen molar-refractivity contribution in [2.24, 2.45) is 5.41 Å². The zero-order valence-corrected chi connectivity index (χ0v) is 14.3. The van der Waals surface area contributed by atoms with Crippen molar-refractivity contribution < 1.29 is 4.79 Å². The minimum Gasteiger partial charge on any atom is -0.350 e. The minimum atomic E-state index is -0.0913. The van der Waals surface area contributed by atoms with Crippen LogP contribution in [0.1, 0.15) is 29.6 Å². The fourth-order valence-electron chi connectivity index (χ4n) is 3.67. The Hall–Kier alpha value is -2.55. The molecule has 2 aliphatic rings. The summed E-state index contributed by atoms with van der Waals surface area (Å²) in [7, 11) is 0. The lowest BCUT2D eigenvalue weighted by atomic mass is 10.0. The first-order chi connectivity index (χ1) is 12.2. The van der Waals surface area contributed by atoms with Gasteiger partial charge in [-0.15, -0.1) is 10.2 Å². The maximum Gasteiger partial charge on any atom is 0.252 e. The monoisotopic (exact) mass is 355 g/mol. The molecule has 4 heterocycles. The van der Waals surface area contributed by atoms with Crippen molar-refractivity contribution in [2.75, 3.05) is 18.0 Å². The average Bonchev–Trinajstić information content (AvgIpc) is 3.06. The Bertz CT molecular complexity index is 918. The van der Waals surface area contributed by atoms with Gasteiger partial charge in [-0.25, -0.2) is 9.50 Å². The molecule has 0 bridgehead atoms. The van der Waals surface area contributed by atoms with Crippen molar-refractivity contribution in [1.29, 1.82) is 0 Å². The van der Waals surface area contributed by atoms with Crippen LogP contribution < -0.4 is 10.2 Å². The molecule has 5 rings (SSSR count). The van der Waals surface area contributed by atoms with Gasteiger partial charge in [-0.05, 0) is 36.8 Å². The molecule has 1 aliphatic carbocycles. The van der Waals surface area contributed by atoms with Crippen molar-refractivity contribution in [2.45, 2.75) is 25.3 Å². The van der Waals surface area contributed by atoms with E-state index >= 15 is 0 Å². The van der Waals surface area contributed by atoms with Gasteiger partial charge in [0.1, 0.15) is 11.8 Å². The van der Waals surface area contributed by atoms with Gasteiger partial charge >= 0.3 is 0 Å². The third-order valence-electron chi connectivity index (χ3n) is 5.20. The summed E-state index contributed by atoms with van der Waals surface area (Å²) in [6.07, 6.45) is 6.84. The van der Waals surface area contributed by atoms with Gasteiger partial charge in [0.25, 0.3) is 5.91 Å². The Balaban J connectivity index is 1.30. The summed E-state index contributed by atoms with van der Waals surface area (Å²) in [5.41, 5.74) is 3.50. The topological polar surface area (TPSA) is 88.3 Å². The summed E-state index contributed by atoms with van der Waals surface area (Å²) in [5, 5.41) is 16.3. The number of nitrogens with one attached hydrogen (secondary N) is 1. The zero-order valence-electron chi connectivity index (χ0n) is 13.5. The third-order valence-corrected chi connectivity index (χ3v) is 5.93. The highest BCUT2D eigenvalue weighted by atomic mass is 32.1. The second-order valence-electron chi connectivity index (χ2n) is 6.90. The van der Waals surface area contributed by atoms with Gasteiger partial charge in [0.15, 0.2) is 5.65 Å². The molecule has 1 spiro atoms. The first-order valence-electron chi connectivity index (χ1n) is 8.33. The largest absolute Gasteiger partial charge is 0.350 e. The van der Waals surface area contributed by atoms with Gasteiger partial charge < -0.3 is 10.2 Å². The van der Waals surface area contributed by atoms with Crippen molar-refractivity contribution >= 4 is 28.0 Å². The Morgan fingerprint density at radius 1 is 1.40 bits per heavy atom. The van der Waals surface area contributed by atoms with E-state index in [9.17, 15) is 4.79 Å². The molecule has 128 valence electrons. The van der Waals surface area contributed by atoms with Crippen molar-refractivity contribution in [1.82, 2.24) is 30.1 Å². The maximum absolute atomic E-state index is 12.5. The third kappa shape index (κ3) is 2.64. The summed E-state index contributed by atoms with van der Waals surface area (Å²) in [4.78, 5) is 18.9. The number of anilines is 1. The smallest absolute Gasteiger partial charge is 0.252 e. The second kappa shape index (κ2) is 5.48. The highest BCUT2D eigenvalue weighted by Gasteiger charge is 2.52. The predicted octanol–water partition coefficient (Wildman–Crippen LogP) is 1.37. The van der Waals surface area contributed by atoms with Crippen molar-refractivity contribution in [3.8, 4) is 0 Å². The van der Waals surface area contributed by atoms with E-state index in [4.69, 9.17) is 0 Å². The molecule has 1 saturated carbocycles. The molecule has 1 aliphatic heterocycles. The Labute approximate surface area is 147 Å². The molecule has 3 aromatic heterocycles. The summed E-state index contributed by atoms with van der Waals surface area (Å²) < 4.78 is 1.61. The normalized spacial score (nSPS) is 21.1. The lowest BCUT2D eigenvalue weighted by molar-refractivity contribution is 0.0950. The standard InChI is InChI=1S/C16H17N7OS/c24-14(11-1-2-13-18-9-20-23(13)7-11)17-6-12-5-16(3-4-16)8-22(12)15-21-19-10-25-15/h1-2,7,9-10,12H,3-6,8H2,(H,17,24). The molecule has 1 atom stereocenters. The molecule has 1 amide bonds. The molecule has 0 radical (unpaired) electrons.